The Balaban J connectivity index is 1.33. The number of amides is 1. The van der Waals surface area contributed by atoms with Crippen LogP contribution in [0.1, 0.15) is 19.3 Å². The highest BCUT2D eigenvalue weighted by Gasteiger charge is 2.23. The predicted octanol–water partition coefficient (Wildman–Crippen LogP) is 1.76. The fraction of sp³-hybridized carbons (Fsp3) is 0.526. The molecule has 6 nitrogen and oxygen atoms in total. The maximum absolute atomic E-state index is 12.4. The summed E-state index contributed by atoms with van der Waals surface area (Å²) in [6, 6.07) is 7.95. The number of rotatable bonds is 3. The van der Waals surface area contributed by atoms with Crippen molar-refractivity contribution in [3.8, 4) is 0 Å². The molecule has 1 aromatic heterocycles. The molecule has 6 heteroatoms. The van der Waals surface area contributed by atoms with Gasteiger partial charge in [-0.25, -0.2) is 4.98 Å². The normalized spacial score (nSPS) is 19.4. The van der Waals surface area contributed by atoms with Crippen molar-refractivity contribution >= 4 is 22.8 Å². The van der Waals surface area contributed by atoms with Crippen LogP contribution in [0.15, 0.2) is 30.5 Å². The van der Waals surface area contributed by atoms with Gasteiger partial charge in [-0.1, -0.05) is 12.1 Å². The minimum absolute atomic E-state index is 0.290. The van der Waals surface area contributed by atoms with E-state index in [1.165, 1.54) is 6.42 Å². The lowest BCUT2D eigenvalue weighted by Crippen LogP contribution is -2.50. The SMILES string of the molecule is O=C(CN1CCN(c2cnc3ccccc3n2)CC1)N1CCCCC1. The molecular weight excluding hydrogens is 314 g/mol. The van der Waals surface area contributed by atoms with Gasteiger partial charge in [0.15, 0.2) is 0 Å². The van der Waals surface area contributed by atoms with Crippen molar-refractivity contribution in [2.24, 2.45) is 0 Å². The molecule has 2 aliphatic heterocycles. The highest BCUT2D eigenvalue weighted by molar-refractivity contribution is 5.78. The van der Waals surface area contributed by atoms with Gasteiger partial charge in [0.05, 0.1) is 23.8 Å². The maximum Gasteiger partial charge on any atom is 0.236 e. The molecule has 0 bridgehead atoms. The smallest absolute Gasteiger partial charge is 0.236 e. The fourth-order valence-corrected chi connectivity index (χ4v) is 3.67. The first-order valence-electron chi connectivity index (χ1n) is 9.26. The Morgan fingerprint density at radius 2 is 1.64 bits per heavy atom. The summed E-state index contributed by atoms with van der Waals surface area (Å²) in [7, 11) is 0. The highest BCUT2D eigenvalue weighted by Crippen LogP contribution is 2.17. The summed E-state index contributed by atoms with van der Waals surface area (Å²) in [5.74, 6) is 1.22. The molecule has 0 radical (unpaired) electrons. The van der Waals surface area contributed by atoms with Gasteiger partial charge in [0.25, 0.3) is 0 Å². The first-order chi connectivity index (χ1) is 12.3. The summed E-state index contributed by atoms with van der Waals surface area (Å²) < 4.78 is 0. The monoisotopic (exact) mass is 339 g/mol. The second-order valence-electron chi connectivity index (χ2n) is 6.92. The number of carbonyl (C=O) groups excluding carboxylic acids is 1. The Morgan fingerprint density at radius 3 is 2.40 bits per heavy atom. The topological polar surface area (TPSA) is 52.6 Å². The first-order valence-corrected chi connectivity index (χ1v) is 9.26. The zero-order chi connectivity index (χ0) is 17.1. The van der Waals surface area contributed by atoms with E-state index in [9.17, 15) is 4.79 Å². The number of fused-ring (bicyclic) bond motifs is 1. The van der Waals surface area contributed by atoms with E-state index < -0.39 is 0 Å². The largest absolute Gasteiger partial charge is 0.353 e. The Bertz CT molecular complexity index is 735. The molecule has 2 aromatic rings. The van der Waals surface area contributed by atoms with Crippen molar-refractivity contribution in [2.45, 2.75) is 19.3 Å². The molecule has 0 aliphatic carbocycles. The molecule has 4 rings (SSSR count). The number of piperidine rings is 1. The van der Waals surface area contributed by atoms with Gasteiger partial charge in [-0.3, -0.25) is 14.7 Å². The molecule has 132 valence electrons. The summed E-state index contributed by atoms with van der Waals surface area (Å²) in [4.78, 5) is 28.2. The molecule has 2 saturated heterocycles. The standard InChI is InChI=1S/C19H25N5O/c25-19(24-8-4-1-5-9-24)15-22-10-12-23(13-11-22)18-14-20-16-6-2-3-7-17(16)21-18/h2-3,6-7,14H,1,4-5,8-13,15H2. The molecule has 2 fully saturated rings. The molecule has 0 atom stereocenters. The van der Waals surface area contributed by atoms with E-state index in [0.29, 0.717) is 12.5 Å². The molecule has 0 spiro atoms. The molecule has 0 N–H and O–H groups in total. The second-order valence-corrected chi connectivity index (χ2v) is 6.92. The molecular formula is C19H25N5O. The second kappa shape index (κ2) is 7.35. The van der Waals surface area contributed by atoms with Crippen LogP contribution in [-0.4, -0.2) is 71.5 Å². The third-order valence-electron chi connectivity index (χ3n) is 5.20. The molecule has 0 unspecified atom stereocenters. The number of piperazine rings is 1. The molecule has 0 saturated carbocycles. The van der Waals surface area contributed by atoms with Gasteiger partial charge in [0.2, 0.25) is 5.91 Å². The van der Waals surface area contributed by atoms with Crippen LogP contribution < -0.4 is 4.90 Å². The van der Waals surface area contributed by atoms with Gasteiger partial charge in [-0.2, -0.15) is 0 Å². The predicted molar refractivity (Wildman–Crippen MR) is 98.6 cm³/mol. The number of nitrogens with zero attached hydrogens (tertiary/aromatic N) is 5. The summed E-state index contributed by atoms with van der Waals surface area (Å²) in [6.45, 7) is 6.00. The van der Waals surface area contributed by atoms with Crippen LogP contribution in [0, 0.1) is 0 Å². The van der Waals surface area contributed by atoms with Gasteiger partial charge in [0.1, 0.15) is 5.82 Å². The number of benzene rings is 1. The van der Waals surface area contributed by atoms with Crippen molar-refractivity contribution in [1.29, 1.82) is 0 Å². The summed E-state index contributed by atoms with van der Waals surface area (Å²) in [5.41, 5.74) is 1.86. The van der Waals surface area contributed by atoms with Crippen LogP contribution in [-0.2, 0) is 4.79 Å². The number of likely N-dealkylation sites (tertiary alicyclic amines) is 1. The number of carbonyl (C=O) groups is 1. The molecule has 25 heavy (non-hydrogen) atoms. The number of para-hydroxylation sites is 2. The maximum atomic E-state index is 12.4. The molecule has 3 heterocycles. The van der Waals surface area contributed by atoms with E-state index in [0.717, 1.165) is 69.0 Å². The summed E-state index contributed by atoms with van der Waals surface area (Å²) in [5, 5.41) is 0. The minimum atomic E-state index is 0.290. The fourth-order valence-electron chi connectivity index (χ4n) is 3.67. The van der Waals surface area contributed by atoms with E-state index in [2.05, 4.69) is 14.8 Å². The Hall–Kier alpha value is -2.21. The molecule has 1 aromatic carbocycles. The van der Waals surface area contributed by atoms with E-state index >= 15 is 0 Å². The van der Waals surface area contributed by atoms with Crippen LogP contribution in [0.5, 0.6) is 0 Å². The molecule has 1 amide bonds. The average molecular weight is 339 g/mol. The lowest BCUT2D eigenvalue weighted by atomic mass is 10.1. The summed E-state index contributed by atoms with van der Waals surface area (Å²) >= 11 is 0. The van der Waals surface area contributed by atoms with Crippen LogP contribution >= 0.6 is 0 Å². The van der Waals surface area contributed by atoms with Crippen LogP contribution in [0.25, 0.3) is 11.0 Å². The Morgan fingerprint density at radius 1 is 0.920 bits per heavy atom. The van der Waals surface area contributed by atoms with Crippen molar-refractivity contribution in [1.82, 2.24) is 19.8 Å². The third-order valence-corrected chi connectivity index (χ3v) is 5.20. The van der Waals surface area contributed by atoms with E-state index in [-0.39, 0.29) is 0 Å². The number of hydrogen-bond donors (Lipinski definition) is 0. The van der Waals surface area contributed by atoms with Crippen molar-refractivity contribution in [3.63, 3.8) is 0 Å². The zero-order valence-corrected chi connectivity index (χ0v) is 14.6. The van der Waals surface area contributed by atoms with Gasteiger partial charge in [-0.15, -0.1) is 0 Å². The lowest BCUT2D eigenvalue weighted by molar-refractivity contribution is -0.133. The van der Waals surface area contributed by atoms with Crippen LogP contribution in [0.3, 0.4) is 0 Å². The van der Waals surface area contributed by atoms with Gasteiger partial charge >= 0.3 is 0 Å². The Kier molecular flexibility index (Phi) is 4.78. The van der Waals surface area contributed by atoms with Gasteiger partial charge < -0.3 is 9.80 Å². The number of hydrogen-bond acceptors (Lipinski definition) is 5. The lowest BCUT2D eigenvalue weighted by Gasteiger charge is -2.36. The van der Waals surface area contributed by atoms with Crippen molar-refractivity contribution in [2.75, 3.05) is 50.7 Å². The average Bonchev–Trinajstić information content (AvgIpc) is 2.69. The quantitative estimate of drug-likeness (QED) is 0.853. The van der Waals surface area contributed by atoms with Gasteiger partial charge in [-0.05, 0) is 31.4 Å². The van der Waals surface area contributed by atoms with E-state index in [4.69, 9.17) is 4.98 Å². The Labute approximate surface area is 148 Å². The summed E-state index contributed by atoms with van der Waals surface area (Å²) in [6.07, 6.45) is 5.42. The molecule has 2 aliphatic rings. The first kappa shape index (κ1) is 16.3. The van der Waals surface area contributed by atoms with Crippen molar-refractivity contribution < 1.29 is 4.79 Å². The number of aromatic nitrogens is 2. The zero-order valence-electron chi connectivity index (χ0n) is 14.6. The van der Waals surface area contributed by atoms with Crippen molar-refractivity contribution in [3.05, 3.63) is 30.5 Å². The van der Waals surface area contributed by atoms with Crippen LogP contribution in [0.4, 0.5) is 5.82 Å². The highest BCUT2D eigenvalue weighted by atomic mass is 16.2. The van der Waals surface area contributed by atoms with E-state index in [1.54, 1.807) is 0 Å². The number of anilines is 1. The van der Waals surface area contributed by atoms with Crippen LogP contribution in [0.2, 0.25) is 0 Å². The third kappa shape index (κ3) is 3.74. The van der Waals surface area contributed by atoms with E-state index in [1.807, 2.05) is 35.4 Å². The van der Waals surface area contributed by atoms with Gasteiger partial charge in [0, 0.05) is 39.3 Å². The minimum Gasteiger partial charge on any atom is -0.353 e.